The number of nitrogens with zero attached hydrogens (tertiary/aromatic N) is 2. The van der Waals surface area contributed by atoms with Gasteiger partial charge in [-0.3, -0.25) is 4.68 Å². The molecule has 2 N–H and O–H groups in total. The summed E-state index contributed by atoms with van der Waals surface area (Å²) in [6.45, 7) is 9.22. The molecule has 0 spiro atoms. The Labute approximate surface area is 122 Å². The van der Waals surface area contributed by atoms with Crippen LogP contribution in [0.3, 0.4) is 0 Å². The largest absolute Gasteiger partial charge is 0.317 e. The maximum atomic E-state index is 12.0. The zero-order chi connectivity index (χ0) is 15.0. The Bertz CT molecular complexity index is 482. The van der Waals surface area contributed by atoms with Gasteiger partial charge in [-0.15, -0.1) is 0 Å². The van der Waals surface area contributed by atoms with Crippen molar-refractivity contribution in [3.05, 3.63) is 12.4 Å². The fraction of sp³-hybridized carbons (Fsp3) is 0.769. The average Bonchev–Trinajstić information content (AvgIpc) is 2.83. The van der Waals surface area contributed by atoms with Gasteiger partial charge in [0.05, 0.1) is 6.20 Å². The predicted molar refractivity (Wildman–Crippen MR) is 80.0 cm³/mol. The molecular formula is C13H26N4O2S. The predicted octanol–water partition coefficient (Wildman–Crippen LogP) is 1.21. The molecular weight excluding hydrogens is 276 g/mol. The van der Waals surface area contributed by atoms with E-state index in [0.717, 1.165) is 25.9 Å². The standard InChI is InChI=1S/C13H26N4O2S/c1-4-14-7-5-9-17-11-13(10-15-17)20(18,19)16-8-6-12(2)3/h10-12,14,16H,4-9H2,1-3H3. The first-order valence-corrected chi connectivity index (χ1v) is 8.67. The highest BCUT2D eigenvalue weighted by atomic mass is 32.2. The topological polar surface area (TPSA) is 76.0 Å². The SMILES string of the molecule is CCNCCCn1cc(S(=O)(=O)NCCC(C)C)cn1. The second-order valence-corrected chi connectivity index (χ2v) is 6.99. The Morgan fingerprint density at radius 3 is 2.75 bits per heavy atom. The molecule has 0 aromatic carbocycles. The van der Waals surface area contributed by atoms with E-state index in [4.69, 9.17) is 0 Å². The lowest BCUT2D eigenvalue weighted by atomic mass is 10.1. The van der Waals surface area contributed by atoms with E-state index in [-0.39, 0.29) is 4.90 Å². The summed E-state index contributed by atoms with van der Waals surface area (Å²) in [7, 11) is -3.42. The van der Waals surface area contributed by atoms with Gasteiger partial charge in [-0.1, -0.05) is 20.8 Å². The van der Waals surface area contributed by atoms with Crippen LogP contribution < -0.4 is 10.0 Å². The maximum absolute atomic E-state index is 12.0. The van der Waals surface area contributed by atoms with Gasteiger partial charge in [0.2, 0.25) is 10.0 Å². The summed E-state index contributed by atoms with van der Waals surface area (Å²) in [5, 5.41) is 7.32. The van der Waals surface area contributed by atoms with Crippen LogP contribution >= 0.6 is 0 Å². The van der Waals surface area contributed by atoms with Crippen LogP contribution in [-0.4, -0.2) is 37.8 Å². The minimum Gasteiger partial charge on any atom is -0.317 e. The van der Waals surface area contributed by atoms with Crippen LogP contribution in [0.15, 0.2) is 17.3 Å². The van der Waals surface area contributed by atoms with Gasteiger partial charge in [-0.05, 0) is 31.8 Å². The lowest BCUT2D eigenvalue weighted by Gasteiger charge is -2.06. The quantitative estimate of drug-likeness (QED) is 0.637. The fourth-order valence-corrected chi connectivity index (χ4v) is 2.71. The monoisotopic (exact) mass is 302 g/mol. The number of hydrogen-bond donors (Lipinski definition) is 2. The molecule has 0 atom stereocenters. The van der Waals surface area contributed by atoms with E-state index in [1.54, 1.807) is 10.9 Å². The Morgan fingerprint density at radius 1 is 1.35 bits per heavy atom. The molecule has 20 heavy (non-hydrogen) atoms. The summed E-state index contributed by atoms with van der Waals surface area (Å²) < 4.78 is 28.3. The van der Waals surface area contributed by atoms with Crippen LogP contribution in [0.4, 0.5) is 0 Å². The summed E-state index contributed by atoms with van der Waals surface area (Å²) in [6.07, 6.45) is 4.75. The van der Waals surface area contributed by atoms with Gasteiger partial charge in [0, 0.05) is 19.3 Å². The summed E-state index contributed by atoms with van der Waals surface area (Å²) >= 11 is 0. The number of aromatic nitrogens is 2. The van der Waals surface area contributed by atoms with Crippen LogP contribution in [0, 0.1) is 5.92 Å². The third-order valence-electron chi connectivity index (χ3n) is 2.92. The number of aryl methyl sites for hydroxylation is 1. The molecule has 0 saturated heterocycles. The second-order valence-electron chi connectivity index (χ2n) is 5.23. The normalized spacial score (nSPS) is 12.2. The van der Waals surface area contributed by atoms with Crippen molar-refractivity contribution in [1.82, 2.24) is 19.8 Å². The minimum absolute atomic E-state index is 0.240. The van der Waals surface area contributed by atoms with Crippen molar-refractivity contribution in [1.29, 1.82) is 0 Å². The molecule has 116 valence electrons. The first-order chi connectivity index (χ1) is 9.45. The third-order valence-corrected chi connectivity index (χ3v) is 4.34. The Morgan fingerprint density at radius 2 is 2.10 bits per heavy atom. The summed E-state index contributed by atoms with van der Waals surface area (Å²) in [6, 6.07) is 0. The molecule has 0 aliphatic heterocycles. The van der Waals surface area contributed by atoms with Crippen LogP contribution in [0.1, 0.15) is 33.6 Å². The third kappa shape index (κ3) is 6.02. The van der Waals surface area contributed by atoms with E-state index >= 15 is 0 Å². The number of sulfonamides is 1. The van der Waals surface area contributed by atoms with Crippen LogP contribution in [0.25, 0.3) is 0 Å². The number of nitrogens with one attached hydrogen (secondary N) is 2. The van der Waals surface area contributed by atoms with Gasteiger partial charge in [0.15, 0.2) is 0 Å². The fourth-order valence-electron chi connectivity index (χ4n) is 1.71. The van der Waals surface area contributed by atoms with E-state index in [0.29, 0.717) is 19.0 Å². The Hall–Kier alpha value is -0.920. The van der Waals surface area contributed by atoms with Crippen LogP contribution in [0.2, 0.25) is 0 Å². The van der Waals surface area contributed by atoms with Crippen molar-refractivity contribution in [2.24, 2.45) is 5.92 Å². The molecule has 1 rings (SSSR count). The van der Waals surface area contributed by atoms with E-state index in [1.165, 1.54) is 6.20 Å². The molecule has 0 amide bonds. The van der Waals surface area contributed by atoms with Gasteiger partial charge >= 0.3 is 0 Å². The van der Waals surface area contributed by atoms with E-state index in [1.807, 2.05) is 0 Å². The molecule has 0 fully saturated rings. The van der Waals surface area contributed by atoms with Crippen molar-refractivity contribution in [3.63, 3.8) is 0 Å². The average molecular weight is 302 g/mol. The summed E-state index contributed by atoms with van der Waals surface area (Å²) in [5.41, 5.74) is 0. The molecule has 0 unspecified atom stereocenters. The first kappa shape index (κ1) is 17.1. The van der Waals surface area contributed by atoms with Crippen molar-refractivity contribution in [2.75, 3.05) is 19.6 Å². The molecule has 0 aliphatic carbocycles. The molecule has 0 aliphatic rings. The highest BCUT2D eigenvalue weighted by Crippen LogP contribution is 2.08. The van der Waals surface area contributed by atoms with Crippen molar-refractivity contribution in [2.45, 2.75) is 45.1 Å². The van der Waals surface area contributed by atoms with E-state index in [9.17, 15) is 8.42 Å². The van der Waals surface area contributed by atoms with Crippen LogP contribution in [0.5, 0.6) is 0 Å². The highest BCUT2D eigenvalue weighted by Gasteiger charge is 2.15. The molecule has 0 bridgehead atoms. The zero-order valence-electron chi connectivity index (χ0n) is 12.6. The maximum Gasteiger partial charge on any atom is 0.243 e. The first-order valence-electron chi connectivity index (χ1n) is 7.18. The molecule has 0 saturated carbocycles. The molecule has 1 aromatic heterocycles. The van der Waals surface area contributed by atoms with Crippen molar-refractivity contribution < 1.29 is 8.42 Å². The summed E-state index contributed by atoms with van der Waals surface area (Å²) in [4.78, 5) is 0.240. The highest BCUT2D eigenvalue weighted by molar-refractivity contribution is 7.89. The smallest absolute Gasteiger partial charge is 0.243 e. The van der Waals surface area contributed by atoms with Gasteiger partial charge in [0.25, 0.3) is 0 Å². The molecule has 7 heteroatoms. The molecule has 1 aromatic rings. The van der Waals surface area contributed by atoms with Crippen LogP contribution in [-0.2, 0) is 16.6 Å². The lowest BCUT2D eigenvalue weighted by Crippen LogP contribution is -2.25. The lowest BCUT2D eigenvalue weighted by molar-refractivity contribution is 0.546. The van der Waals surface area contributed by atoms with Crippen molar-refractivity contribution in [3.8, 4) is 0 Å². The van der Waals surface area contributed by atoms with Gasteiger partial charge in [-0.25, -0.2) is 13.1 Å². The Kier molecular flexibility index (Phi) is 7.18. The van der Waals surface area contributed by atoms with Crippen molar-refractivity contribution >= 4 is 10.0 Å². The molecule has 0 radical (unpaired) electrons. The zero-order valence-corrected chi connectivity index (χ0v) is 13.4. The minimum atomic E-state index is -3.42. The molecule has 6 nitrogen and oxygen atoms in total. The molecule has 1 heterocycles. The second kappa shape index (κ2) is 8.39. The van der Waals surface area contributed by atoms with Gasteiger partial charge in [0.1, 0.15) is 4.90 Å². The van der Waals surface area contributed by atoms with E-state index < -0.39 is 10.0 Å². The van der Waals surface area contributed by atoms with Gasteiger partial charge < -0.3 is 5.32 Å². The summed E-state index contributed by atoms with van der Waals surface area (Å²) in [5.74, 6) is 0.478. The van der Waals surface area contributed by atoms with E-state index in [2.05, 4.69) is 35.9 Å². The van der Waals surface area contributed by atoms with Gasteiger partial charge in [-0.2, -0.15) is 5.10 Å². The number of rotatable bonds is 10. The Balaban J connectivity index is 2.48. The number of hydrogen-bond acceptors (Lipinski definition) is 4.